The van der Waals surface area contributed by atoms with Gasteiger partial charge in [-0.2, -0.15) is 0 Å². The second kappa shape index (κ2) is 6.52. The molecule has 0 radical (unpaired) electrons. The number of carbonyl (C=O) groups excluding carboxylic acids is 1. The molecular weight excluding hydrogens is 230 g/mol. The zero-order chi connectivity index (χ0) is 13.6. The van der Waals surface area contributed by atoms with Crippen molar-refractivity contribution in [3.05, 3.63) is 35.9 Å². The van der Waals surface area contributed by atoms with Crippen LogP contribution in [-0.2, 0) is 16.0 Å². The SMILES string of the molecule is COCC(Cc1ccccc1)C(=O)NC(C)(C)O. The number of nitrogens with one attached hydrogen (secondary N) is 1. The van der Waals surface area contributed by atoms with Gasteiger partial charge >= 0.3 is 0 Å². The monoisotopic (exact) mass is 251 g/mol. The van der Waals surface area contributed by atoms with Crippen molar-refractivity contribution in [2.24, 2.45) is 5.92 Å². The predicted octanol–water partition coefficient (Wildman–Crippen LogP) is 1.34. The first-order valence-corrected chi connectivity index (χ1v) is 5.99. The molecular formula is C14H21NO3. The summed E-state index contributed by atoms with van der Waals surface area (Å²) in [7, 11) is 1.56. The lowest BCUT2D eigenvalue weighted by Crippen LogP contribution is -2.47. The molecule has 4 heteroatoms. The summed E-state index contributed by atoms with van der Waals surface area (Å²) < 4.78 is 5.07. The van der Waals surface area contributed by atoms with Crippen LogP contribution in [0.2, 0.25) is 0 Å². The molecule has 1 atom stereocenters. The lowest BCUT2D eigenvalue weighted by atomic mass is 9.99. The molecule has 1 aromatic rings. The Balaban J connectivity index is 2.68. The highest BCUT2D eigenvalue weighted by Crippen LogP contribution is 2.11. The third kappa shape index (κ3) is 5.29. The molecule has 0 saturated carbocycles. The van der Waals surface area contributed by atoms with Gasteiger partial charge in [-0.25, -0.2) is 0 Å². The molecule has 18 heavy (non-hydrogen) atoms. The Morgan fingerprint density at radius 1 is 1.39 bits per heavy atom. The van der Waals surface area contributed by atoms with Crippen LogP contribution >= 0.6 is 0 Å². The van der Waals surface area contributed by atoms with Crippen LogP contribution in [-0.4, -0.2) is 30.5 Å². The number of hydrogen-bond donors (Lipinski definition) is 2. The maximum absolute atomic E-state index is 12.0. The van der Waals surface area contributed by atoms with E-state index in [1.165, 1.54) is 13.8 Å². The molecule has 0 saturated heterocycles. The summed E-state index contributed by atoms with van der Waals surface area (Å²) in [6.45, 7) is 3.41. The summed E-state index contributed by atoms with van der Waals surface area (Å²) >= 11 is 0. The van der Waals surface area contributed by atoms with E-state index < -0.39 is 5.72 Å². The van der Waals surface area contributed by atoms with Crippen LogP contribution in [0.4, 0.5) is 0 Å². The molecule has 0 spiro atoms. The highest BCUT2D eigenvalue weighted by molar-refractivity contribution is 5.79. The van der Waals surface area contributed by atoms with Gasteiger partial charge in [0.2, 0.25) is 5.91 Å². The molecule has 1 rings (SSSR count). The van der Waals surface area contributed by atoms with Crippen LogP contribution in [0.3, 0.4) is 0 Å². The molecule has 0 aliphatic rings. The third-order valence-corrected chi connectivity index (χ3v) is 2.49. The van der Waals surface area contributed by atoms with Crippen LogP contribution in [0.15, 0.2) is 30.3 Å². The fourth-order valence-electron chi connectivity index (χ4n) is 1.73. The Labute approximate surface area is 108 Å². The highest BCUT2D eigenvalue weighted by atomic mass is 16.5. The van der Waals surface area contributed by atoms with Gasteiger partial charge < -0.3 is 15.2 Å². The van der Waals surface area contributed by atoms with Crippen molar-refractivity contribution in [3.63, 3.8) is 0 Å². The number of ether oxygens (including phenoxy) is 1. The molecule has 0 aliphatic carbocycles. The number of benzene rings is 1. The predicted molar refractivity (Wildman–Crippen MR) is 70.0 cm³/mol. The van der Waals surface area contributed by atoms with Crippen molar-refractivity contribution < 1.29 is 14.6 Å². The van der Waals surface area contributed by atoms with E-state index in [2.05, 4.69) is 5.32 Å². The van der Waals surface area contributed by atoms with Gasteiger partial charge in [-0.3, -0.25) is 4.79 Å². The highest BCUT2D eigenvalue weighted by Gasteiger charge is 2.24. The van der Waals surface area contributed by atoms with Crippen molar-refractivity contribution >= 4 is 5.91 Å². The Kier molecular flexibility index (Phi) is 5.31. The Bertz CT molecular complexity index is 370. The van der Waals surface area contributed by atoms with Crippen molar-refractivity contribution in [2.75, 3.05) is 13.7 Å². The maximum Gasteiger partial charge on any atom is 0.227 e. The Morgan fingerprint density at radius 3 is 2.50 bits per heavy atom. The first kappa shape index (κ1) is 14.7. The topological polar surface area (TPSA) is 58.6 Å². The standard InChI is InChI=1S/C14H21NO3/c1-14(2,17)15-13(16)12(10-18-3)9-11-7-5-4-6-8-11/h4-8,12,17H,9-10H2,1-3H3,(H,15,16). The van der Waals surface area contributed by atoms with E-state index in [1.54, 1.807) is 7.11 Å². The lowest BCUT2D eigenvalue weighted by molar-refractivity contribution is -0.132. The molecule has 100 valence electrons. The number of methoxy groups -OCH3 is 1. The van der Waals surface area contributed by atoms with Gasteiger partial charge in [0.15, 0.2) is 0 Å². The molecule has 0 fully saturated rings. The summed E-state index contributed by atoms with van der Waals surface area (Å²) in [5, 5.41) is 12.2. The van der Waals surface area contributed by atoms with E-state index in [0.29, 0.717) is 13.0 Å². The van der Waals surface area contributed by atoms with Crippen LogP contribution in [0.1, 0.15) is 19.4 Å². The number of hydrogen-bond acceptors (Lipinski definition) is 3. The number of rotatable bonds is 6. The molecule has 0 bridgehead atoms. The molecule has 0 aromatic heterocycles. The first-order chi connectivity index (χ1) is 8.42. The van der Waals surface area contributed by atoms with Crippen LogP contribution < -0.4 is 5.32 Å². The first-order valence-electron chi connectivity index (χ1n) is 5.99. The van der Waals surface area contributed by atoms with E-state index in [4.69, 9.17) is 4.74 Å². The Morgan fingerprint density at radius 2 is 2.00 bits per heavy atom. The minimum absolute atomic E-state index is 0.201. The number of carbonyl (C=O) groups is 1. The Hall–Kier alpha value is -1.39. The van der Waals surface area contributed by atoms with Crippen LogP contribution in [0, 0.1) is 5.92 Å². The summed E-state index contributed by atoms with van der Waals surface area (Å²) in [6.07, 6.45) is 0.594. The van der Waals surface area contributed by atoms with E-state index >= 15 is 0 Å². The summed E-state index contributed by atoms with van der Waals surface area (Å²) in [5.74, 6) is -0.503. The zero-order valence-corrected chi connectivity index (χ0v) is 11.1. The van der Waals surface area contributed by atoms with Crippen molar-refractivity contribution in [3.8, 4) is 0 Å². The zero-order valence-electron chi connectivity index (χ0n) is 11.1. The molecule has 4 nitrogen and oxygen atoms in total. The molecule has 1 aromatic carbocycles. The van der Waals surface area contributed by atoms with E-state index in [9.17, 15) is 9.90 Å². The van der Waals surface area contributed by atoms with Crippen LogP contribution in [0.25, 0.3) is 0 Å². The molecule has 2 N–H and O–H groups in total. The fraction of sp³-hybridized carbons (Fsp3) is 0.500. The molecule has 0 heterocycles. The fourth-order valence-corrected chi connectivity index (χ4v) is 1.73. The smallest absolute Gasteiger partial charge is 0.227 e. The van der Waals surface area contributed by atoms with Gasteiger partial charge in [0.25, 0.3) is 0 Å². The van der Waals surface area contributed by atoms with E-state index in [1.807, 2.05) is 30.3 Å². The molecule has 1 unspecified atom stereocenters. The van der Waals surface area contributed by atoms with Gasteiger partial charge in [0, 0.05) is 7.11 Å². The van der Waals surface area contributed by atoms with E-state index in [0.717, 1.165) is 5.56 Å². The van der Waals surface area contributed by atoms with Crippen molar-refractivity contribution in [1.29, 1.82) is 0 Å². The second-order valence-corrected chi connectivity index (χ2v) is 4.89. The van der Waals surface area contributed by atoms with Gasteiger partial charge in [-0.15, -0.1) is 0 Å². The van der Waals surface area contributed by atoms with E-state index in [-0.39, 0.29) is 11.8 Å². The summed E-state index contributed by atoms with van der Waals surface area (Å²) in [6, 6.07) is 9.76. The third-order valence-electron chi connectivity index (χ3n) is 2.49. The van der Waals surface area contributed by atoms with Crippen molar-refractivity contribution in [1.82, 2.24) is 5.32 Å². The minimum atomic E-state index is -1.21. The van der Waals surface area contributed by atoms with Gasteiger partial charge in [0.05, 0.1) is 12.5 Å². The summed E-state index contributed by atoms with van der Waals surface area (Å²) in [5.41, 5.74) is -0.134. The summed E-state index contributed by atoms with van der Waals surface area (Å²) in [4.78, 5) is 12.0. The van der Waals surface area contributed by atoms with Gasteiger partial charge in [-0.1, -0.05) is 30.3 Å². The number of amides is 1. The molecule has 0 aliphatic heterocycles. The van der Waals surface area contributed by atoms with Crippen LogP contribution in [0.5, 0.6) is 0 Å². The second-order valence-electron chi connectivity index (χ2n) is 4.89. The average molecular weight is 251 g/mol. The van der Waals surface area contributed by atoms with Gasteiger partial charge in [0.1, 0.15) is 5.72 Å². The van der Waals surface area contributed by atoms with Crippen molar-refractivity contribution in [2.45, 2.75) is 26.0 Å². The normalized spacial score (nSPS) is 13.1. The minimum Gasteiger partial charge on any atom is -0.384 e. The van der Waals surface area contributed by atoms with Gasteiger partial charge in [-0.05, 0) is 25.8 Å². The molecule has 1 amide bonds. The largest absolute Gasteiger partial charge is 0.384 e. The average Bonchev–Trinajstić information content (AvgIpc) is 2.27. The maximum atomic E-state index is 12.0. The number of aliphatic hydroxyl groups is 1. The quantitative estimate of drug-likeness (QED) is 0.750. The lowest BCUT2D eigenvalue weighted by Gasteiger charge is -2.23.